The van der Waals surface area contributed by atoms with Gasteiger partial charge >= 0.3 is 5.97 Å². The quantitative estimate of drug-likeness (QED) is 0.826. The molecular formula is C13H8Br2N2O3. The van der Waals surface area contributed by atoms with Crippen LogP contribution < -0.4 is 5.32 Å². The van der Waals surface area contributed by atoms with Crippen LogP contribution >= 0.6 is 31.9 Å². The molecule has 5 nitrogen and oxygen atoms in total. The van der Waals surface area contributed by atoms with Crippen LogP contribution in [0.15, 0.2) is 45.3 Å². The second kappa shape index (κ2) is 6.15. The molecule has 0 aliphatic heterocycles. The van der Waals surface area contributed by atoms with Gasteiger partial charge in [-0.2, -0.15) is 0 Å². The van der Waals surface area contributed by atoms with E-state index in [4.69, 9.17) is 5.11 Å². The molecule has 0 saturated carbocycles. The van der Waals surface area contributed by atoms with Gasteiger partial charge in [0, 0.05) is 8.95 Å². The molecule has 0 aliphatic carbocycles. The molecule has 2 N–H and O–H groups in total. The van der Waals surface area contributed by atoms with E-state index in [0.29, 0.717) is 10.0 Å². The summed E-state index contributed by atoms with van der Waals surface area (Å²) in [4.78, 5) is 26.8. The number of amides is 1. The first-order valence-corrected chi connectivity index (χ1v) is 7.03. The molecule has 1 amide bonds. The number of anilines is 1. The first-order valence-electron chi connectivity index (χ1n) is 5.44. The number of aromatic nitrogens is 1. The first-order chi connectivity index (χ1) is 9.47. The second-order valence-corrected chi connectivity index (χ2v) is 5.56. The Labute approximate surface area is 131 Å². The zero-order chi connectivity index (χ0) is 14.7. The summed E-state index contributed by atoms with van der Waals surface area (Å²) in [6.45, 7) is 0. The molecule has 0 bridgehead atoms. The van der Waals surface area contributed by atoms with E-state index in [1.54, 1.807) is 18.2 Å². The highest BCUT2D eigenvalue weighted by Gasteiger charge is 2.12. The zero-order valence-electron chi connectivity index (χ0n) is 9.93. The highest BCUT2D eigenvalue weighted by molar-refractivity contribution is 9.11. The number of nitrogens with one attached hydrogen (secondary N) is 1. The van der Waals surface area contributed by atoms with Crippen LogP contribution in [0.2, 0.25) is 0 Å². The minimum absolute atomic E-state index is 0.129. The summed E-state index contributed by atoms with van der Waals surface area (Å²) < 4.78 is 1.39. The Hall–Kier alpha value is -1.73. The maximum absolute atomic E-state index is 12.1. The summed E-state index contributed by atoms with van der Waals surface area (Å²) in [6, 6.07) is 9.58. The summed E-state index contributed by atoms with van der Waals surface area (Å²) in [6.07, 6.45) is 0. The number of hydrogen-bond donors (Lipinski definition) is 2. The van der Waals surface area contributed by atoms with Crippen LogP contribution in [-0.4, -0.2) is 22.0 Å². The number of aromatic carboxylic acids is 1. The van der Waals surface area contributed by atoms with Crippen LogP contribution in [0.1, 0.15) is 20.8 Å². The number of carbonyl (C=O) groups excluding carboxylic acids is 1. The van der Waals surface area contributed by atoms with Gasteiger partial charge in [0.1, 0.15) is 5.82 Å². The number of rotatable bonds is 3. The Morgan fingerprint density at radius 1 is 1.15 bits per heavy atom. The molecule has 1 aromatic carbocycles. The Bertz CT molecular complexity index is 689. The van der Waals surface area contributed by atoms with Gasteiger partial charge in [0.25, 0.3) is 5.91 Å². The van der Waals surface area contributed by atoms with Gasteiger partial charge in [-0.15, -0.1) is 0 Å². The minimum Gasteiger partial charge on any atom is -0.477 e. The van der Waals surface area contributed by atoms with Gasteiger partial charge in [0.2, 0.25) is 0 Å². The number of nitrogens with zero attached hydrogens (tertiary/aromatic N) is 1. The van der Waals surface area contributed by atoms with Crippen molar-refractivity contribution >= 4 is 49.6 Å². The van der Waals surface area contributed by atoms with Crippen molar-refractivity contribution in [1.29, 1.82) is 0 Å². The van der Waals surface area contributed by atoms with Gasteiger partial charge in [-0.05, 0) is 46.3 Å². The maximum atomic E-state index is 12.1. The fourth-order valence-corrected chi connectivity index (χ4v) is 2.27. The molecule has 7 heteroatoms. The minimum atomic E-state index is -1.15. The van der Waals surface area contributed by atoms with Crippen LogP contribution in [0.5, 0.6) is 0 Å². The molecule has 20 heavy (non-hydrogen) atoms. The van der Waals surface area contributed by atoms with E-state index in [9.17, 15) is 9.59 Å². The van der Waals surface area contributed by atoms with Crippen LogP contribution in [0.4, 0.5) is 5.82 Å². The van der Waals surface area contributed by atoms with Crippen molar-refractivity contribution in [1.82, 2.24) is 4.98 Å². The maximum Gasteiger partial charge on any atom is 0.354 e. The summed E-state index contributed by atoms with van der Waals surface area (Å²) >= 11 is 6.57. The van der Waals surface area contributed by atoms with Crippen LogP contribution in [-0.2, 0) is 0 Å². The molecule has 1 aromatic heterocycles. The molecule has 0 unspecified atom stereocenters. The third-order valence-corrected chi connectivity index (χ3v) is 3.57. The molecular weight excluding hydrogens is 392 g/mol. The van der Waals surface area contributed by atoms with Crippen LogP contribution in [0, 0.1) is 0 Å². The van der Waals surface area contributed by atoms with Crippen LogP contribution in [0.25, 0.3) is 0 Å². The molecule has 1 heterocycles. The van der Waals surface area contributed by atoms with Crippen molar-refractivity contribution in [2.45, 2.75) is 0 Å². The SMILES string of the molecule is O=C(O)c1cccc(NC(=O)c2cc(Br)ccc2Br)n1. The second-order valence-electron chi connectivity index (χ2n) is 3.79. The number of carbonyl (C=O) groups is 2. The summed E-state index contributed by atoms with van der Waals surface area (Å²) in [7, 11) is 0. The number of carboxylic acid groups (broad SMARTS) is 1. The van der Waals surface area contributed by atoms with E-state index in [-0.39, 0.29) is 17.4 Å². The molecule has 102 valence electrons. The number of halogens is 2. The highest BCUT2D eigenvalue weighted by Crippen LogP contribution is 2.22. The fourth-order valence-electron chi connectivity index (χ4n) is 1.48. The standard InChI is InChI=1S/C13H8Br2N2O3/c14-7-4-5-9(15)8(6-7)12(18)17-11-3-1-2-10(16-11)13(19)20/h1-6H,(H,19,20)(H,16,17,18). The zero-order valence-corrected chi connectivity index (χ0v) is 13.1. The Balaban J connectivity index is 2.25. The molecule has 0 saturated heterocycles. The first kappa shape index (κ1) is 14.7. The van der Waals surface area contributed by atoms with E-state index < -0.39 is 5.97 Å². The van der Waals surface area contributed by atoms with Gasteiger partial charge in [-0.1, -0.05) is 22.0 Å². The van der Waals surface area contributed by atoms with Crippen molar-refractivity contribution in [3.8, 4) is 0 Å². The van der Waals surface area contributed by atoms with Gasteiger partial charge in [-0.25, -0.2) is 9.78 Å². The lowest BCUT2D eigenvalue weighted by Gasteiger charge is -2.07. The van der Waals surface area contributed by atoms with Gasteiger partial charge in [0.15, 0.2) is 5.69 Å². The van der Waals surface area contributed by atoms with E-state index in [0.717, 1.165) is 4.47 Å². The third-order valence-electron chi connectivity index (χ3n) is 2.38. The molecule has 0 fully saturated rings. The average Bonchev–Trinajstić information content (AvgIpc) is 2.41. The molecule has 2 rings (SSSR count). The Kier molecular flexibility index (Phi) is 4.51. The molecule has 0 atom stereocenters. The molecule has 0 spiro atoms. The van der Waals surface area contributed by atoms with E-state index >= 15 is 0 Å². The molecule has 0 aliphatic rings. The number of benzene rings is 1. The monoisotopic (exact) mass is 398 g/mol. The lowest BCUT2D eigenvalue weighted by Crippen LogP contribution is -2.14. The number of pyridine rings is 1. The van der Waals surface area contributed by atoms with E-state index in [1.807, 2.05) is 0 Å². The predicted octanol–water partition coefficient (Wildman–Crippen LogP) is 3.56. The van der Waals surface area contributed by atoms with Crippen molar-refractivity contribution < 1.29 is 14.7 Å². The van der Waals surface area contributed by atoms with Crippen LogP contribution in [0.3, 0.4) is 0 Å². The van der Waals surface area contributed by atoms with E-state index in [1.165, 1.54) is 18.2 Å². The van der Waals surface area contributed by atoms with Gasteiger partial charge in [-0.3, -0.25) is 4.79 Å². The smallest absolute Gasteiger partial charge is 0.354 e. The van der Waals surface area contributed by atoms with Crippen molar-refractivity contribution in [2.75, 3.05) is 5.32 Å². The summed E-state index contributed by atoms with van der Waals surface area (Å²) in [5.41, 5.74) is 0.290. The highest BCUT2D eigenvalue weighted by atomic mass is 79.9. The summed E-state index contributed by atoms with van der Waals surface area (Å²) in [5.74, 6) is -1.35. The van der Waals surface area contributed by atoms with Gasteiger partial charge in [0.05, 0.1) is 5.56 Å². The average molecular weight is 400 g/mol. The Morgan fingerprint density at radius 3 is 2.60 bits per heavy atom. The fraction of sp³-hybridized carbons (Fsp3) is 0. The third kappa shape index (κ3) is 3.43. The lowest BCUT2D eigenvalue weighted by molar-refractivity contribution is 0.0690. The van der Waals surface area contributed by atoms with Crippen molar-refractivity contribution in [3.63, 3.8) is 0 Å². The molecule has 2 aromatic rings. The van der Waals surface area contributed by atoms with Crippen molar-refractivity contribution in [2.24, 2.45) is 0 Å². The van der Waals surface area contributed by atoms with E-state index in [2.05, 4.69) is 42.2 Å². The lowest BCUT2D eigenvalue weighted by atomic mass is 10.2. The molecule has 0 radical (unpaired) electrons. The normalized spacial score (nSPS) is 10.1. The number of hydrogen-bond acceptors (Lipinski definition) is 3. The summed E-state index contributed by atoms with van der Waals surface area (Å²) in [5, 5.41) is 11.4. The largest absolute Gasteiger partial charge is 0.477 e. The van der Waals surface area contributed by atoms with Crippen molar-refractivity contribution in [3.05, 3.63) is 56.6 Å². The predicted molar refractivity (Wildman–Crippen MR) is 81.0 cm³/mol. The number of carboxylic acids is 1. The van der Waals surface area contributed by atoms with Gasteiger partial charge < -0.3 is 10.4 Å². The topological polar surface area (TPSA) is 79.3 Å². The Morgan fingerprint density at radius 2 is 1.90 bits per heavy atom.